The van der Waals surface area contributed by atoms with Crippen LogP contribution in [0.25, 0.3) is 10.8 Å². The van der Waals surface area contributed by atoms with E-state index in [1.54, 1.807) is 0 Å². The molecule has 6 heteroatoms. The number of rotatable bonds is 2. The standard InChI is InChI=1S/C11H11N3O.C2H4O2/c12-11(13)14-15-10-7-3-5-8-4-1-2-6-9(8)10;1-2(3)4/h1-7H,(H4,12,13,14);1H3,(H,3,4). The smallest absolute Gasteiger partial charge is 0.300 e. The molecule has 0 unspecified atom stereocenters. The number of oxime groups is 1. The maximum Gasteiger partial charge on any atom is 0.300 e. The van der Waals surface area contributed by atoms with Gasteiger partial charge in [-0.3, -0.25) is 4.79 Å². The van der Waals surface area contributed by atoms with E-state index >= 15 is 0 Å². The number of carboxylic acids is 1. The van der Waals surface area contributed by atoms with Gasteiger partial charge in [0.25, 0.3) is 5.97 Å². The first-order valence-corrected chi connectivity index (χ1v) is 5.44. The molecule has 0 spiro atoms. The van der Waals surface area contributed by atoms with Gasteiger partial charge in [0.15, 0.2) is 5.75 Å². The summed E-state index contributed by atoms with van der Waals surface area (Å²) in [7, 11) is 0. The molecule has 0 fully saturated rings. The van der Waals surface area contributed by atoms with Crippen LogP contribution in [-0.2, 0) is 4.79 Å². The van der Waals surface area contributed by atoms with Gasteiger partial charge in [0, 0.05) is 12.3 Å². The number of hydrogen-bond acceptors (Lipinski definition) is 3. The van der Waals surface area contributed by atoms with E-state index in [0.29, 0.717) is 5.75 Å². The lowest BCUT2D eigenvalue weighted by Crippen LogP contribution is -2.23. The molecular weight excluding hydrogens is 246 g/mol. The summed E-state index contributed by atoms with van der Waals surface area (Å²) < 4.78 is 0. The number of aliphatic carboxylic acids is 1. The Morgan fingerprint density at radius 1 is 1.16 bits per heavy atom. The van der Waals surface area contributed by atoms with Crippen molar-refractivity contribution in [2.45, 2.75) is 6.92 Å². The summed E-state index contributed by atoms with van der Waals surface area (Å²) in [5, 5.41) is 13.0. The molecular formula is C13H15N3O3. The van der Waals surface area contributed by atoms with Gasteiger partial charge in [0.2, 0.25) is 5.96 Å². The van der Waals surface area contributed by atoms with E-state index in [1.165, 1.54) is 0 Å². The molecule has 2 rings (SSSR count). The van der Waals surface area contributed by atoms with Gasteiger partial charge in [-0.05, 0) is 16.6 Å². The topological polar surface area (TPSA) is 111 Å². The maximum atomic E-state index is 9.00. The molecule has 2 aromatic carbocycles. The number of hydrogen-bond donors (Lipinski definition) is 3. The normalized spacial score (nSPS) is 9.11. The Balaban J connectivity index is 0.000000399. The van der Waals surface area contributed by atoms with Crippen LogP contribution in [-0.4, -0.2) is 17.0 Å². The number of guanidine groups is 1. The zero-order valence-electron chi connectivity index (χ0n) is 10.4. The van der Waals surface area contributed by atoms with E-state index in [-0.39, 0.29) is 5.96 Å². The van der Waals surface area contributed by atoms with Crippen molar-refractivity contribution in [3.8, 4) is 5.75 Å². The highest BCUT2D eigenvalue weighted by Gasteiger charge is 2.00. The molecule has 0 atom stereocenters. The second kappa shape index (κ2) is 6.85. The Morgan fingerprint density at radius 2 is 1.74 bits per heavy atom. The number of fused-ring (bicyclic) bond motifs is 1. The first-order chi connectivity index (χ1) is 9.00. The lowest BCUT2D eigenvalue weighted by molar-refractivity contribution is -0.134. The van der Waals surface area contributed by atoms with Gasteiger partial charge in [0.05, 0.1) is 0 Å². The first kappa shape index (κ1) is 14.3. The van der Waals surface area contributed by atoms with Crippen molar-refractivity contribution >= 4 is 22.7 Å². The van der Waals surface area contributed by atoms with E-state index in [4.69, 9.17) is 26.2 Å². The van der Waals surface area contributed by atoms with Crippen molar-refractivity contribution in [3.63, 3.8) is 0 Å². The van der Waals surface area contributed by atoms with Crippen molar-refractivity contribution in [2.75, 3.05) is 0 Å². The van der Waals surface area contributed by atoms with Crippen molar-refractivity contribution in [1.82, 2.24) is 0 Å². The lowest BCUT2D eigenvalue weighted by Gasteiger charge is -2.03. The zero-order chi connectivity index (χ0) is 14.3. The quantitative estimate of drug-likeness (QED) is 0.431. The predicted molar refractivity (Wildman–Crippen MR) is 73.7 cm³/mol. The molecule has 0 aliphatic rings. The summed E-state index contributed by atoms with van der Waals surface area (Å²) in [6, 6.07) is 13.5. The fourth-order valence-corrected chi connectivity index (χ4v) is 1.38. The molecule has 0 bridgehead atoms. The minimum atomic E-state index is -0.833. The molecule has 19 heavy (non-hydrogen) atoms. The highest BCUT2D eigenvalue weighted by molar-refractivity contribution is 5.88. The summed E-state index contributed by atoms with van der Waals surface area (Å²) in [5.74, 6) is -0.288. The molecule has 6 nitrogen and oxygen atoms in total. The second-order valence-corrected chi connectivity index (χ2v) is 3.60. The van der Waals surface area contributed by atoms with Gasteiger partial charge in [-0.25, -0.2) is 0 Å². The highest BCUT2D eigenvalue weighted by atomic mass is 16.6. The summed E-state index contributed by atoms with van der Waals surface area (Å²) in [6.07, 6.45) is 0. The van der Waals surface area contributed by atoms with Crippen LogP contribution in [0.15, 0.2) is 47.6 Å². The Kier molecular flexibility index (Phi) is 5.16. The zero-order valence-corrected chi connectivity index (χ0v) is 10.4. The van der Waals surface area contributed by atoms with Gasteiger partial charge < -0.3 is 21.4 Å². The number of nitrogens with zero attached hydrogens (tertiary/aromatic N) is 1. The van der Waals surface area contributed by atoms with Gasteiger partial charge in [-0.15, -0.1) is 0 Å². The molecule has 0 heterocycles. The SMILES string of the molecule is CC(=O)O.NC(N)=NOc1cccc2ccccc12. The minimum Gasteiger partial charge on any atom is -0.481 e. The third kappa shape index (κ3) is 4.95. The molecule has 0 aromatic heterocycles. The van der Waals surface area contributed by atoms with Crippen LogP contribution < -0.4 is 16.3 Å². The summed E-state index contributed by atoms with van der Waals surface area (Å²) in [6.45, 7) is 1.08. The number of nitrogens with two attached hydrogens (primary N) is 2. The Morgan fingerprint density at radius 3 is 2.37 bits per heavy atom. The van der Waals surface area contributed by atoms with Gasteiger partial charge >= 0.3 is 0 Å². The van der Waals surface area contributed by atoms with Crippen LogP contribution in [0.5, 0.6) is 5.75 Å². The van der Waals surface area contributed by atoms with Crippen molar-refractivity contribution in [2.24, 2.45) is 16.6 Å². The van der Waals surface area contributed by atoms with Crippen molar-refractivity contribution in [3.05, 3.63) is 42.5 Å². The van der Waals surface area contributed by atoms with Gasteiger partial charge in [0.1, 0.15) is 0 Å². The number of carboxylic acid groups (broad SMARTS) is 1. The van der Waals surface area contributed by atoms with Gasteiger partial charge in [-0.1, -0.05) is 36.4 Å². The third-order valence-electron chi connectivity index (χ3n) is 2.00. The second-order valence-electron chi connectivity index (χ2n) is 3.60. The van der Waals surface area contributed by atoms with Crippen molar-refractivity contribution in [1.29, 1.82) is 0 Å². The molecule has 0 amide bonds. The van der Waals surface area contributed by atoms with Gasteiger partial charge in [-0.2, -0.15) is 0 Å². The average Bonchev–Trinajstić information content (AvgIpc) is 2.35. The number of carbonyl (C=O) groups is 1. The van der Waals surface area contributed by atoms with Crippen LogP contribution in [0.4, 0.5) is 0 Å². The van der Waals surface area contributed by atoms with E-state index in [2.05, 4.69) is 5.16 Å². The predicted octanol–water partition coefficient (Wildman–Crippen LogP) is 1.50. The van der Waals surface area contributed by atoms with Crippen LogP contribution >= 0.6 is 0 Å². The molecule has 0 radical (unpaired) electrons. The average molecular weight is 261 g/mol. The van der Waals surface area contributed by atoms with Crippen LogP contribution in [0.1, 0.15) is 6.92 Å². The lowest BCUT2D eigenvalue weighted by atomic mass is 10.1. The fraction of sp³-hybridized carbons (Fsp3) is 0.0769. The molecule has 5 N–H and O–H groups in total. The van der Waals surface area contributed by atoms with E-state index in [1.807, 2.05) is 42.5 Å². The summed E-state index contributed by atoms with van der Waals surface area (Å²) in [4.78, 5) is 14.1. The van der Waals surface area contributed by atoms with E-state index in [0.717, 1.165) is 17.7 Å². The molecule has 2 aromatic rings. The Bertz CT molecular complexity index is 583. The molecule has 0 aliphatic heterocycles. The fourth-order valence-electron chi connectivity index (χ4n) is 1.38. The molecule has 0 aliphatic carbocycles. The van der Waals surface area contributed by atoms with E-state index < -0.39 is 5.97 Å². The molecule has 100 valence electrons. The maximum absolute atomic E-state index is 9.00. The highest BCUT2D eigenvalue weighted by Crippen LogP contribution is 2.24. The van der Waals surface area contributed by atoms with Crippen LogP contribution in [0.3, 0.4) is 0 Å². The Labute approximate surface area is 110 Å². The molecule has 0 saturated heterocycles. The minimum absolute atomic E-state index is 0.0945. The van der Waals surface area contributed by atoms with Crippen molar-refractivity contribution < 1.29 is 14.7 Å². The summed E-state index contributed by atoms with van der Waals surface area (Å²) in [5.41, 5.74) is 10.4. The Hall–Kier alpha value is -2.76. The largest absolute Gasteiger partial charge is 0.481 e. The number of benzene rings is 2. The van der Waals surface area contributed by atoms with E-state index in [9.17, 15) is 0 Å². The molecule has 0 saturated carbocycles. The van der Waals surface area contributed by atoms with Crippen LogP contribution in [0, 0.1) is 0 Å². The first-order valence-electron chi connectivity index (χ1n) is 5.44. The monoisotopic (exact) mass is 261 g/mol. The third-order valence-corrected chi connectivity index (χ3v) is 2.00. The summed E-state index contributed by atoms with van der Waals surface area (Å²) >= 11 is 0. The van der Waals surface area contributed by atoms with Crippen LogP contribution in [0.2, 0.25) is 0 Å².